The summed E-state index contributed by atoms with van der Waals surface area (Å²) in [5, 5.41) is -14.0. The minimum atomic E-state index is -7.62. The number of hydrogen-bond acceptors (Lipinski definition) is 4. The van der Waals surface area contributed by atoms with E-state index in [9.17, 15) is 60.7 Å². The highest BCUT2D eigenvalue weighted by Gasteiger charge is 2.68. The van der Waals surface area contributed by atoms with Gasteiger partial charge in [-0.1, -0.05) is 54.6 Å². The van der Waals surface area contributed by atoms with Crippen molar-refractivity contribution < 1.29 is 60.7 Å². The Hall–Kier alpha value is -2.83. The van der Waals surface area contributed by atoms with Crippen LogP contribution in [0.5, 0.6) is 0 Å². The maximum Gasteiger partial charge on any atom is 0.467 e. The normalized spacial score (nSPS) is 13.5. The van der Waals surface area contributed by atoms with Crippen LogP contribution in [-0.4, -0.2) is 39.7 Å². The highest BCUT2D eigenvalue weighted by Crippen LogP contribution is 2.47. The molecule has 0 heterocycles. The van der Waals surface area contributed by atoms with Gasteiger partial charge < -0.3 is 4.13 Å². The Kier molecular flexibility index (Phi) is 9.98. The standard InChI is InChI=1S/C18H15S.C4F10NO4S2/c1-4-10-16(11-5-1)19(17-12-6-2-7-13-17)18-14-8-3-9-15-18;5-1(6,7)3(11,12)20(16,17)15-21(18,19)4(13,14)2(8,9)10/h1-15H;/q+1;-1. The molecule has 3 aromatic carbocycles. The summed E-state index contributed by atoms with van der Waals surface area (Å²) in [4.78, 5) is 4.08. The van der Waals surface area contributed by atoms with Gasteiger partial charge >= 0.3 is 22.9 Å². The van der Waals surface area contributed by atoms with Crippen molar-refractivity contribution in [2.24, 2.45) is 0 Å². The molecule has 0 saturated heterocycles. The Morgan fingerprint density at radius 1 is 0.450 bits per heavy atom. The third kappa shape index (κ3) is 7.27. The second-order valence-corrected chi connectivity index (χ2v) is 12.8. The van der Waals surface area contributed by atoms with E-state index in [4.69, 9.17) is 0 Å². The maximum atomic E-state index is 12.3. The largest absolute Gasteiger partial charge is 0.467 e. The average Bonchev–Trinajstić information content (AvgIpc) is 2.84. The first-order chi connectivity index (χ1) is 18.2. The van der Waals surface area contributed by atoms with Crippen LogP contribution in [0.1, 0.15) is 0 Å². The molecular formula is C22H15F10NO4S3. The summed E-state index contributed by atoms with van der Waals surface area (Å²) in [5.41, 5.74) is 0. The van der Waals surface area contributed by atoms with E-state index in [2.05, 4.69) is 91.0 Å². The molecule has 0 aliphatic heterocycles. The molecule has 0 bridgehead atoms. The number of sulfonamides is 2. The van der Waals surface area contributed by atoms with Crippen LogP contribution in [0.4, 0.5) is 43.9 Å². The third-order valence-electron chi connectivity index (χ3n) is 4.44. The quantitative estimate of drug-likeness (QED) is 0.203. The minimum Gasteiger partial charge on any atom is -0.425 e. The molecule has 0 unspecified atom stereocenters. The number of benzene rings is 3. The third-order valence-corrected chi connectivity index (χ3v) is 10.0. The molecule has 3 aromatic rings. The molecule has 0 amide bonds. The van der Waals surface area contributed by atoms with Gasteiger partial charge in [-0.15, -0.1) is 0 Å². The van der Waals surface area contributed by atoms with Crippen LogP contribution in [-0.2, 0) is 30.9 Å². The molecule has 18 heteroatoms. The molecule has 0 N–H and O–H groups in total. The molecule has 40 heavy (non-hydrogen) atoms. The number of nitrogens with zero attached hydrogens (tertiary/aromatic N) is 1. The summed E-state index contributed by atoms with van der Waals surface area (Å²) >= 11 is 0. The minimum absolute atomic E-state index is 0.0146. The molecule has 0 aromatic heterocycles. The molecule has 5 nitrogen and oxygen atoms in total. The maximum absolute atomic E-state index is 12.3. The van der Waals surface area contributed by atoms with E-state index in [1.54, 1.807) is 0 Å². The van der Waals surface area contributed by atoms with Crippen molar-refractivity contribution in [3.8, 4) is 0 Å². The lowest BCUT2D eigenvalue weighted by Crippen LogP contribution is -2.48. The van der Waals surface area contributed by atoms with Gasteiger partial charge in [-0.25, -0.2) is 16.8 Å². The van der Waals surface area contributed by atoms with Gasteiger partial charge in [0.15, 0.2) is 34.7 Å². The van der Waals surface area contributed by atoms with Crippen molar-refractivity contribution in [3.05, 3.63) is 95.1 Å². The van der Waals surface area contributed by atoms with Crippen LogP contribution >= 0.6 is 0 Å². The molecule has 0 atom stereocenters. The summed E-state index contributed by atoms with van der Waals surface area (Å²) in [5.74, 6) is 0. The van der Waals surface area contributed by atoms with E-state index in [1.807, 2.05) is 0 Å². The van der Waals surface area contributed by atoms with Crippen LogP contribution in [0.3, 0.4) is 0 Å². The van der Waals surface area contributed by atoms with Gasteiger partial charge in [-0.2, -0.15) is 43.9 Å². The predicted octanol–water partition coefficient (Wildman–Crippen LogP) is 7.11. The zero-order chi connectivity index (χ0) is 30.6. The van der Waals surface area contributed by atoms with Crippen molar-refractivity contribution in [1.82, 2.24) is 0 Å². The highest BCUT2D eigenvalue weighted by molar-refractivity contribution is 8.13. The predicted molar refractivity (Wildman–Crippen MR) is 125 cm³/mol. The second-order valence-electron chi connectivity index (χ2n) is 7.30. The van der Waals surface area contributed by atoms with E-state index in [0.29, 0.717) is 4.13 Å². The monoisotopic (exact) mass is 643 g/mol. The zero-order valence-corrected chi connectivity index (χ0v) is 21.7. The van der Waals surface area contributed by atoms with Gasteiger partial charge in [0.1, 0.15) is 0 Å². The van der Waals surface area contributed by atoms with Crippen LogP contribution in [0.2, 0.25) is 0 Å². The first-order valence-electron chi connectivity index (χ1n) is 10.2. The van der Waals surface area contributed by atoms with E-state index in [-0.39, 0.29) is 10.9 Å². The Bertz CT molecular complexity index is 1320. The number of rotatable bonds is 7. The van der Waals surface area contributed by atoms with Crippen molar-refractivity contribution in [2.75, 3.05) is 0 Å². The van der Waals surface area contributed by atoms with Gasteiger partial charge in [0.25, 0.3) is 0 Å². The molecule has 0 saturated carbocycles. The van der Waals surface area contributed by atoms with E-state index >= 15 is 0 Å². The first-order valence-corrected chi connectivity index (χ1v) is 14.3. The molecular weight excluding hydrogens is 628 g/mol. The molecule has 0 fully saturated rings. The first kappa shape index (κ1) is 33.4. The summed E-state index contributed by atoms with van der Waals surface area (Å²) in [7, 11) is -15.3. The van der Waals surface area contributed by atoms with Crippen molar-refractivity contribution in [2.45, 2.75) is 37.5 Å². The van der Waals surface area contributed by atoms with Gasteiger partial charge in [-0.3, -0.25) is 0 Å². The van der Waals surface area contributed by atoms with E-state index < -0.39 is 42.9 Å². The van der Waals surface area contributed by atoms with Crippen molar-refractivity contribution in [3.63, 3.8) is 0 Å². The lowest BCUT2D eigenvalue weighted by Gasteiger charge is -2.31. The topological polar surface area (TPSA) is 82.4 Å². The molecule has 220 valence electrons. The van der Waals surface area contributed by atoms with Gasteiger partial charge in [-0.05, 0) is 36.4 Å². The van der Waals surface area contributed by atoms with Gasteiger partial charge in [0.2, 0.25) is 0 Å². The van der Waals surface area contributed by atoms with Crippen molar-refractivity contribution in [1.29, 1.82) is 0 Å². The molecule has 0 radical (unpaired) electrons. The van der Waals surface area contributed by atoms with Gasteiger partial charge in [0.05, 0.1) is 10.9 Å². The van der Waals surface area contributed by atoms with Crippen LogP contribution in [0.15, 0.2) is 106 Å². The fourth-order valence-corrected chi connectivity index (χ4v) is 7.07. The lowest BCUT2D eigenvalue weighted by atomic mass is 10.4. The number of halogens is 10. The Morgan fingerprint density at radius 3 is 0.875 bits per heavy atom. The highest BCUT2D eigenvalue weighted by atomic mass is 32.3. The fourth-order valence-electron chi connectivity index (χ4n) is 2.59. The summed E-state index contributed by atoms with van der Waals surface area (Å²) in [6.45, 7) is 0. The number of alkyl halides is 10. The average molecular weight is 644 g/mol. The zero-order valence-electron chi connectivity index (χ0n) is 19.2. The van der Waals surface area contributed by atoms with Crippen LogP contribution < -0.4 is 0 Å². The molecule has 0 aliphatic carbocycles. The Balaban J connectivity index is 0.000000281. The Morgan fingerprint density at radius 2 is 0.675 bits per heavy atom. The van der Waals surface area contributed by atoms with Gasteiger partial charge in [0, 0.05) is 0 Å². The van der Waals surface area contributed by atoms with E-state index in [1.165, 1.54) is 14.7 Å². The van der Waals surface area contributed by atoms with E-state index in [0.717, 1.165) is 0 Å². The molecule has 3 rings (SSSR count). The summed E-state index contributed by atoms with van der Waals surface area (Å²) in [6.07, 6.45) is -14.0. The Labute approximate surface area is 224 Å². The SMILES string of the molecule is O=S(=O)([N-]S(=O)(=O)C(F)(F)C(F)(F)F)C(F)(F)C(F)(F)F.c1ccc([S+](c2ccccc2)c2ccccc2)cc1. The van der Waals surface area contributed by atoms with Crippen LogP contribution in [0, 0.1) is 0 Å². The lowest BCUT2D eigenvalue weighted by molar-refractivity contribution is -0.241. The second kappa shape index (κ2) is 12.0. The van der Waals surface area contributed by atoms with Crippen molar-refractivity contribution >= 4 is 30.9 Å². The molecule has 0 spiro atoms. The summed E-state index contributed by atoms with van der Waals surface area (Å²) < 4.78 is 161. The number of hydrogen-bond donors (Lipinski definition) is 0. The molecule has 0 aliphatic rings. The fraction of sp³-hybridized carbons (Fsp3) is 0.182. The summed E-state index contributed by atoms with van der Waals surface area (Å²) in [6, 6.07) is 32.2. The van der Waals surface area contributed by atoms with Crippen LogP contribution in [0.25, 0.3) is 4.13 Å². The smallest absolute Gasteiger partial charge is 0.425 e.